The average molecular weight is 370 g/mol. The van der Waals surface area contributed by atoms with E-state index in [1.54, 1.807) is 31.2 Å². The first-order chi connectivity index (χ1) is 11.0. The molecule has 1 heterocycles. The summed E-state index contributed by atoms with van der Waals surface area (Å²) >= 11 is 12.1. The minimum absolute atomic E-state index is 0.0187. The predicted molar refractivity (Wildman–Crippen MR) is 94.4 cm³/mol. The molecule has 0 aliphatic rings. The van der Waals surface area contributed by atoms with Crippen LogP contribution in [0.1, 0.15) is 17.4 Å². The normalized spacial score (nSPS) is 10.0. The van der Waals surface area contributed by atoms with Gasteiger partial charge in [-0.15, -0.1) is 11.3 Å². The highest BCUT2D eigenvalue weighted by Crippen LogP contribution is 2.18. The zero-order chi connectivity index (χ0) is 16.8. The van der Waals surface area contributed by atoms with Crippen molar-refractivity contribution in [2.24, 2.45) is 0 Å². The molecule has 0 amide bonds. The molecule has 1 aromatic heterocycles. The summed E-state index contributed by atoms with van der Waals surface area (Å²) in [6.07, 6.45) is 0. The molecule has 2 N–H and O–H groups in total. The monoisotopic (exact) mass is 369 g/mol. The maximum atomic E-state index is 11.7. The smallest absolute Gasteiger partial charge is 0.381 e. The summed E-state index contributed by atoms with van der Waals surface area (Å²) in [5, 5.41) is 8.57. The van der Waals surface area contributed by atoms with Crippen molar-refractivity contribution in [3.05, 3.63) is 40.4 Å². The summed E-state index contributed by atoms with van der Waals surface area (Å²) in [6.45, 7) is 1.76. The third kappa shape index (κ3) is 4.98. The molecule has 1 aromatic carbocycles. The van der Waals surface area contributed by atoms with E-state index in [1.807, 2.05) is 0 Å². The van der Waals surface area contributed by atoms with Gasteiger partial charge in [0.1, 0.15) is 5.69 Å². The fraction of sp³-hybridized carbons (Fsp3) is 0.143. The Hall–Kier alpha value is -2.03. The first-order valence-corrected chi connectivity index (χ1v) is 8.16. The number of thiazole rings is 1. The molecular formula is C14H12ClN3O3S2. The number of anilines is 2. The van der Waals surface area contributed by atoms with Gasteiger partial charge in [0.05, 0.1) is 6.61 Å². The summed E-state index contributed by atoms with van der Waals surface area (Å²) in [5.41, 5.74) is 0.775. The number of esters is 1. The van der Waals surface area contributed by atoms with Crippen molar-refractivity contribution in [2.45, 2.75) is 6.92 Å². The van der Waals surface area contributed by atoms with Crippen molar-refractivity contribution >= 4 is 62.8 Å². The molecular weight excluding hydrogens is 358 g/mol. The number of thiocarbonyl (C=S) groups is 1. The molecule has 0 radical (unpaired) electrons. The Morgan fingerprint density at radius 3 is 2.65 bits per heavy atom. The molecule has 0 aliphatic heterocycles. The van der Waals surface area contributed by atoms with E-state index >= 15 is 0 Å². The van der Waals surface area contributed by atoms with Crippen LogP contribution in [-0.2, 0) is 9.53 Å². The van der Waals surface area contributed by atoms with Gasteiger partial charge in [-0.25, -0.2) is 9.78 Å². The van der Waals surface area contributed by atoms with Crippen LogP contribution in [-0.4, -0.2) is 28.5 Å². The van der Waals surface area contributed by atoms with Crippen LogP contribution >= 0.6 is 35.2 Å². The summed E-state index contributed by atoms with van der Waals surface area (Å²) in [6, 6.07) is 7.00. The van der Waals surface area contributed by atoms with Gasteiger partial charge >= 0.3 is 5.97 Å². The zero-order valence-corrected chi connectivity index (χ0v) is 14.3. The highest BCUT2D eigenvalue weighted by molar-refractivity contribution is 7.80. The van der Waals surface area contributed by atoms with Gasteiger partial charge in [-0.1, -0.05) is 11.6 Å². The fourth-order valence-corrected chi connectivity index (χ4v) is 2.63. The molecule has 2 rings (SSSR count). The van der Waals surface area contributed by atoms with Gasteiger partial charge in [-0.2, -0.15) is 0 Å². The highest BCUT2D eigenvalue weighted by atomic mass is 35.5. The first kappa shape index (κ1) is 17.3. The number of nitrogens with one attached hydrogen (secondary N) is 2. The number of nitrogens with zero attached hydrogens (tertiary/aromatic N) is 1. The van der Waals surface area contributed by atoms with E-state index in [0.717, 1.165) is 17.0 Å². The number of aromatic nitrogens is 1. The van der Waals surface area contributed by atoms with Gasteiger partial charge in [0.2, 0.25) is 0 Å². The van der Waals surface area contributed by atoms with Gasteiger partial charge in [0.15, 0.2) is 10.2 Å². The van der Waals surface area contributed by atoms with E-state index in [1.165, 1.54) is 5.38 Å². The van der Waals surface area contributed by atoms with Crippen molar-refractivity contribution in [2.75, 3.05) is 17.2 Å². The molecule has 0 saturated heterocycles. The molecule has 6 nitrogen and oxygen atoms in total. The minimum atomic E-state index is -0.925. The Morgan fingerprint density at radius 2 is 2.00 bits per heavy atom. The van der Waals surface area contributed by atoms with E-state index in [2.05, 4.69) is 20.4 Å². The molecule has 23 heavy (non-hydrogen) atoms. The van der Waals surface area contributed by atoms with Crippen LogP contribution < -0.4 is 10.6 Å². The van der Waals surface area contributed by atoms with Gasteiger partial charge in [-0.05, 0) is 43.4 Å². The number of carbonyl (C=O) groups excluding carboxylic acids is 2. The number of carbonyl (C=O) groups is 2. The largest absolute Gasteiger partial charge is 0.460 e. The Balaban J connectivity index is 1.95. The number of rotatable bonds is 5. The van der Waals surface area contributed by atoms with Crippen LogP contribution in [0.2, 0.25) is 5.02 Å². The van der Waals surface area contributed by atoms with Crippen molar-refractivity contribution < 1.29 is 14.3 Å². The van der Waals surface area contributed by atoms with Crippen LogP contribution in [0.4, 0.5) is 10.8 Å². The molecule has 0 atom stereocenters. The number of hydrogen-bond acceptors (Lipinski definition) is 6. The Kier molecular flexibility index (Phi) is 6.03. The van der Waals surface area contributed by atoms with E-state index < -0.39 is 11.8 Å². The standard InChI is InChI=1S/C14H12ClN3O3S2/c1-2-21-12(20)11(19)10-7-23-14(17-10)18-13(22)16-9-5-3-8(15)4-6-9/h3-7H,2H2,1H3,(H2,16,17,18,22). The van der Waals surface area contributed by atoms with E-state index in [9.17, 15) is 9.59 Å². The summed E-state index contributed by atoms with van der Waals surface area (Å²) in [4.78, 5) is 27.1. The Bertz CT molecular complexity index is 731. The number of ketones is 1. The summed E-state index contributed by atoms with van der Waals surface area (Å²) in [5.74, 6) is -1.71. The molecule has 0 unspecified atom stereocenters. The number of hydrogen-bond donors (Lipinski definition) is 2. The minimum Gasteiger partial charge on any atom is -0.460 e. The lowest BCUT2D eigenvalue weighted by Gasteiger charge is -2.08. The SMILES string of the molecule is CCOC(=O)C(=O)c1csc(NC(=S)Nc2ccc(Cl)cc2)n1. The highest BCUT2D eigenvalue weighted by Gasteiger charge is 2.20. The number of halogens is 1. The van der Waals surface area contributed by atoms with Crippen molar-refractivity contribution in [1.82, 2.24) is 4.98 Å². The molecule has 9 heteroatoms. The van der Waals surface area contributed by atoms with Crippen LogP contribution in [0.3, 0.4) is 0 Å². The molecule has 120 valence electrons. The number of ether oxygens (including phenoxy) is 1. The predicted octanol–water partition coefficient (Wildman–Crippen LogP) is 3.35. The van der Waals surface area contributed by atoms with Gasteiger partial charge < -0.3 is 15.4 Å². The second-order valence-electron chi connectivity index (χ2n) is 4.17. The van der Waals surface area contributed by atoms with Gasteiger partial charge in [0.25, 0.3) is 5.78 Å². The van der Waals surface area contributed by atoms with E-state index in [-0.39, 0.29) is 12.3 Å². The van der Waals surface area contributed by atoms with Crippen LogP contribution in [0.25, 0.3) is 0 Å². The molecule has 0 bridgehead atoms. The second kappa shape index (κ2) is 8.00. The van der Waals surface area contributed by atoms with Gasteiger partial charge in [-0.3, -0.25) is 4.79 Å². The van der Waals surface area contributed by atoms with E-state index in [4.69, 9.17) is 23.8 Å². The third-order valence-corrected chi connectivity index (χ3v) is 3.73. The van der Waals surface area contributed by atoms with Crippen LogP contribution in [0.15, 0.2) is 29.6 Å². The van der Waals surface area contributed by atoms with Crippen LogP contribution in [0, 0.1) is 0 Å². The summed E-state index contributed by atoms with van der Waals surface area (Å²) in [7, 11) is 0. The van der Waals surface area contributed by atoms with E-state index in [0.29, 0.717) is 15.3 Å². The van der Waals surface area contributed by atoms with Crippen molar-refractivity contribution in [1.29, 1.82) is 0 Å². The molecule has 2 aromatic rings. The zero-order valence-electron chi connectivity index (χ0n) is 12.0. The quantitative estimate of drug-likeness (QED) is 0.362. The maximum Gasteiger partial charge on any atom is 0.381 e. The average Bonchev–Trinajstić information content (AvgIpc) is 2.97. The number of Topliss-reactive ketones (excluding diaryl/α,β-unsaturated/α-hetero) is 1. The van der Waals surface area contributed by atoms with Crippen molar-refractivity contribution in [3.63, 3.8) is 0 Å². The lowest BCUT2D eigenvalue weighted by molar-refractivity contribution is -0.137. The number of benzene rings is 1. The summed E-state index contributed by atoms with van der Waals surface area (Å²) < 4.78 is 4.64. The molecule has 0 spiro atoms. The maximum absolute atomic E-state index is 11.7. The molecule has 0 saturated carbocycles. The topological polar surface area (TPSA) is 80.3 Å². The second-order valence-corrected chi connectivity index (χ2v) is 5.88. The Labute approximate surface area is 146 Å². The lowest BCUT2D eigenvalue weighted by atomic mass is 10.3. The lowest BCUT2D eigenvalue weighted by Crippen LogP contribution is -2.20. The third-order valence-electron chi connectivity index (χ3n) is 2.52. The fourth-order valence-electron chi connectivity index (χ4n) is 1.53. The van der Waals surface area contributed by atoms with Crippen LogP contribution in [0.5, 0.6) is 0 Å². The Morgan fingerprint density at radius 1 is 1.30 bits per heavy atom. The molecule has 0 fully saturated rings. The van der Waals surface area contributed by atoms with Crippen molar-refractivity contribution in [3.8, 4) is 0 Å². The van der Waals surface area contributed by atoms with Gasteiger partial charge in [0, 0.05) is 16.1 Å². The molecule has 0 aliphatic carbocycles. The first-order valence-electron chi connectivity index (χ1n) is 6.50.